The predicted molar refractivity (Wildman–Crippen MR) is 80.9 cm³/mol. The van der Waals surface area contributed by atoms with Crippen LogP contribution in [-0.2, 0) is 4.43 Å². The first kappa shape index (κ1) is 16.7. The van der Waals surface area contributed by atoms with Gasteiger partial charge in [-0.25, -0.2) is 0 Å². The third-order valence-corrected chi connectivity index (χ3v) is 7.95. The van der Waals surface area contributed by atoms with Gasteiger partial charge < -0.3 is 4.43 Å². The highest BCUT2D eigenvalue weighted by Crippen LogP contribution is 2.38. The van der Waals surface area contributed by atoms with E-state index in [9.17, 15) is 0 Å². The van der Waals surface area contributed by atoms with Crippen molar-refractivity contribution >= 4 is 8.32 Å². The van der Waals surface area contributed by atoms with Gasteiger partial charge in [0, 0.05) is 0 Å². The largest absolute Gasteiger partial charge is 0.413 e. The fraction of sp³-hybridized carbons (Fsp3) is 0.733. The summed E-state index contributed by atoms with van der Waals surface area (Å²) < 4.78 is 6.44. The monoisotopic (exact) mass is 254 g/mol. The van der Waals surface area contributed by atoms with Crippen LogP contribution in [0, 0.1) is 0 Å². The highest BCUT2D eigenvalue weighted by molar-refractivity contribution is 6.74. The molecule has 0 aliphatic carbocycles. The highest BCUT2D eigenvalue weighted by Gasteiger charge is 2.38. The topological polar surface area (TPSA) is 9.23 Å². The SMILES string of the molecule is C=C(C)CC(CC(=C)C)O[Si](C)(C)C(C)(C)C. The zero-order valence-corrected chi connectivity index (χ0v) is 13.8. The summed E-state index contributed by atoms with van der Waals surface area (Å²) in [7, 11) is -1.68. The molecule has 0 fully saturated rings. The van der Waals surface area contributed by atoms with Crippen LogP contribution in [-0.4, -0.2) is 14.4 Å². The van der Waals surface area contributed by atoms with Crippen LogP contribution in [0.15, 0.2) is 24.3 Å². The van der Waals surface area contributed by atoms with E-state index < -0.39 is 8.32 Å². The lowest BCUT2D eigenvalue weighted by Crippen LogP contribution is -2.44. The summed E-state index contributed by atoms with van der Waals surface area (Å²) in [6.45, 7) is 23.6. The summed E-state index contributed by atoms with van der Waals surface area (Å²) in [6, 6.07) is 0. The lowest BCUT2D eigenvalue weighted by Gasteiger charge is -2.39. The van der Waals surface area contributed by atoms with Gasteiger partial charge in [-0.15, -0.1) is 13.2 Å². The van der Waals surface area contributed by atoms with Crippen LogP contribution in [0.5, 0.6) is 0 Å². The van der Waals surface area contributed by atoms with Crippen LogP contribution >= 0.6 is 0 Å². The standard InChI is InChI=1S/C15H30OSi/c1-12(2)10-14(11-13(3)4)16-17(8,9)15(5,6)7/h14H,1,3,10-11H2,2,4-9H3. The second-order valence-electron chi connectivity index (χ2n) is 6.82. The summed E-state index contributed by atoms with van der Waals surface area (Å²) in [6.07, 6.45) is 2.14. The molecule has 0 heterocycles. The molecule has 0 aliphatic heterocycles. The van der Waals surface area contributed by atoms with Crippen molar-refractivity contribution in [2.24, 2.45) is 0 Å². The Morgan fingerprint density at radius 3 is 1.65 bits per heavy atom. The first-order valence-corrected chi connectivity index (χ1v) is 9.33. The highest BCUT2D eigenvalue weighted by atomic mass is 28.4. The summed E-state index contributed by atoms with van der Waals surface area (Å²) in [4.78, 5) is 0. The summed E-state index contributed by atoms with van der Waals surface area (Å²) in [5, 5.41) is 0.259. The molecule has 100 valence electrons. The van der Waals surface area contributed by atoms with E-state index in [1.165, 1.54) is 11.1 Å². The van der Waals surface area contributed by atoms with E-state index in [1.54, 1.807) is 0 Å². The lowest BCUT2D eigenvalue weighted by atomic mass is 10.1. The molecule has 0 unspecified atom stereocenters. The average Bonchev–Trinajstić information content (AvgIpc) is 1.96. The maximum Gasteiger partial charge on any atom is 0.192 e. The van der Waals surface area contributed by atoms with E-state index in [0.29, 0.717) is 0 Å². The molecule has 2 heteroatoms. The molecular formula is C15H30OSi. The second kappa shape index (κ2) is 6.01. The molecule has 0 saturated carbocycles. The molecule has 0 aromatic rings. The van der Waals surface area contributed by atoms with Crippen molar-refractivity contribution in [3.05, 3.63) is 24.3 Å². The van der Waals surface area contributed by atoms with Crippen LogP contribution in [0.2, 0.25) is 18.1 Å². The van der Waals surface area contributed by atoms with E-state index in [0.717, 1.165) is 12.8 Å². The number of rotatable bonds is 6. The molecule has 0 aromatic carbocycles. The quantitative estimate of drug-likeness (QED) is 0.461. The molecular weight excluding hydrogens is 224 g/mol. The summed E-state index contributed by atoms with van der Waals surface area (Å²) in [5.41, 5.74) is 2.38. The second-order valence-corrected chi connectivity index (χ2v) is 11.6. The van der Waals surface area contributed by atoms with Gasteiger partial charge in [-0.1, -0.05) is 31.9 Å². The molecule has 17 heavy (non-hydrogen) atoms. The van der Waals surface area contributed by atoms with Gasteiger partial charge in [0.05, 0.1) is 6.10 Å². The Morgan fingerprint density at radius 2 is 1.41 bits per heavy atom. The third kappa shape index (κ3) is 6.23. The van der Waals surface area contributed by atoms with Crippen molar-refractivity contribution < 1.29 is 4.43 Å². The van der Waals surface area contributed by atoms with E-state index in [-0.39, 0.29) is 11.1 Å². The maximum absolute atomic E-state index is 6.44. The zero-order chi connectivity index (χ0) is 13.9. The van der Waals surface area contributed by atoms with Gasteiger partial charge in [-0.3, -0.25) is 0 Å². The zero-order valence-electron chi connectivity index (χ0n) is 12.8. The van der Waals surface area contributed by atoms with Gasteiger partial charge in [0.1, 0.15) is 0 Å². The van der Waals surface area contributed by atoms with E-state index in [2.05, 4.69) is 60.9 Å². The molecule has 0 amide bonds. The van der Waals surface area contributed by atoms with Gasteiger partial charge in [-0.2, -0.15) is 0 Å². The molecule has 0 rings (SSSR count). The molecule has 0 spiro atoms. The van der Waals surface area contributed by atoms with Gasteiger partial charge >= 0.3 is 0 Å². The van der Waals surface area contributed by atoms with Crippen molar-refractivity contribution in [3.8, 4) is 0 Å². The Hall–Kier alpha value is -0.343. The predicted octanol–water partition coefficient (Wildman–Crippen LogP) is 5.31. The normalized spacial score (nSPS) is 12.9. The molecule has 0 radical (unpaired) electrons. The van der Waals surface area contributed by atoms with Crippen molar-refractivity contribution in [2.75, 3.05) is 0 Å². The van der Waals surface area contributed by atoms with Crippen molar-refractivity contribution in [2.45, 2.75) is 71.7 Å². The minimum atomic E-state index is -1.68. The Balaban J connectivity index is 4.73. The minimum absolute atomic E-state index is 0.255. The molecule has 0 aliphatic rings. The van der Waals surface area contributed by atoms with Crippen LogP contribution in [0.25, 0.3) is 0 Å². The molecule has 0 N–H and O–H groups in total. The fourth-order valence-electron chi connectivity index (χ4n) is 1.53. The maximum atomic E-state index is 6.44. The van der Waals surface area contributed by atoms with Crippen molar-refractivity contribution in [1.29, 1.82) is 0 Å². The summed E-state index contributed by atoms with van der Waals surface area (Å²) in [5.74, 6) is 0. The Morgan fingerprint density at radius 1 is 1.06 bits per heavy atom. The number of hydrogen-bond donors (Lipinski definition) is 0. The molecule has 0 bridgehead atoms. The van der Waals surface area contributed by atoms with E-state index in [4.69, 9.17) is 4.43 Å². The molecule has 0 atom stereocenters. The van der Waals surface area contributed by atoms with Gasteiger partial charge in [0.2, 0.25) is 0 Å². The van der Waals surface area contributed by atoms with E-state index >= 15 is 0 Å². The van der Waals surface area contributed by atoms with Crippen LogP contribution in [0.3, 0.4) is 0 Å². The van der Waals surface area contributed by atoms with Crippen molar-refractivity contribution in [3.63, 3.8) is 0 Å². The van der Waals surface area contributed by atoms with Crippen molar-refractivity contribution in [1.82, 2.24) is 0 Å². The summed E-state index contributed by atoms with van der Waals surface area (Å²) >= 11 is 0. The van der Waals surface area contributed by atoms with Crippen LogP contribution in [0.4, 0.5) is 0 Å². The molecule has 0 saturated heterocycles. The number of hydrogen-bond acceptors (Lipinski definition) is 1. The average molecular weight is 254 g/mol. The van der Waals surface area contributed by atoms with Gasteiger partial charge in [0.25, 0.3) is 0 Å². The smallest absolute Gasteiger partial charge is 0.192 e. The Kier molecular flexibility index (Phi) is 5.89. The Labute approximate surface area is 109 Å². The lowest BCUT2D eigenvalue weighted by molar-refractivity contribution is 0.181. The van der Waals surface area contributed by atoms with Gasteiger partial charge in [0.15, 0.2) is 8.32 Å². The first-order valence-electron chi connectivity index (χ1n) is 6.42. The Bertz CT molecular complexity index is 268. The third-order valence-electron chi connectivity index (χ3n) is 3.42. The van der Waals surface area contributed by atoms with Gasteiger partial charge in [-0.05, 0) is 44.8 Å². The first-order chi connectivity index (χ1) is 7.45. The van der Waals surface area contributed by atoms with Crippen LogP contribution in [0.1, 0.15) is 47.5 Å². The molecule has 0 aromatic heterocycles. The minimum Gasteiger partial charge on any atom is -0.413 e. The fourth-order valence-corrected chi connectivity index (χ4v) is 2.88. The molecule has 1 nitrogen and oxygen atoms in total. The van der Waals surface area contributed by atoms with E-state index in [1.807, 2.05) is 0 Å². The van der Waals surface area contributed by atoms with Crippen LogP contribution < -0.4 is 0 Å².